The minimum absolute atomic E-state index is 0.229. The van der Waals surface area contributed by atoms with Gasteiger partial charge in [-0.2, -0.15) is 0 Å². The van der Waals surface area contributed by atoms with E-state index in [4.69, 9.17) is 10.2 Å². The lowest BCUT2D eigenvalue weighted by Gasteiger charge is -2.04. The van der Waals surface area contributed by atoms with Crippen LogP contribution in [0, 0.1) is 0 Å². The van der Waals surface area contributed by atoms with Gasteiger partial charge in [0.05, 0.1) is 0 Å². The number of aliphatic hydroxyl groups is 1. The van der Waals surface area contributed by atoms with Crippen LogP contribution in [0.25, 0.3) is 0 Å². The van der Waals surface area contributed by atoms with Crippen molar-refractivity contribution in [3.8, 4) is 0 Å². The highest BCUT2D eigenvalue weighted by atomic mass is 16.4. The molecule has 66 valence electrons. The Labute approximate surface area is 68.5 Å². The Balaban J connectivity index is 2.84. The standard InChI is InChI=1S/C6H9N3O3/c1-4(10)6-8-7-3-9(6)2-5(11)12/h3-4,10H,2H2,1H3,(H,11,12). The second-order valence-electron chi connectivity index (χ2n) is 2.39. The van der Waals surface area contributed by atoms with Gasteiger partial charge in [0, 0.05) is 0 Å². The van der Waals surface area contributed by atoms with E-state index in [-0.39, 0.29) is 12.4 Å². The van der Waals surface area contributed by atoms with Crippen molar-refractivity contribution >= 4 is 5.97 Å². The predicted octanol–water partition coefficient (Wildman–Crippen LogP) is -0.584. The molecular weight excluding hydrogens is 162 g/mol. The molecule has 1 atom stereocenters. The molecule has 0 aliphatic rings. The number of rotatable bonds is 3. The quantitative estimate of drug-likeness (QED) is 0.635. The lowest BCUT2D eigenvalue weighted by atomic mass is 10.4. The minimum atomic E-state index is -0.989. The Kier molecular flexibility index (Phi) is 2.39. The van der Waals surface area contributed by atoms with Gasteiger partial charge in [0.15, 0.2) is 5.82 Å². The van der Waals surface area contributed by atoms with Crippen molar-refractivity contribution in [2.75, 3.05) is 0 Å². The summed E-state index contributed by atoms with van der Waals surface area (Å²) < 4.78 is 1.28. The van der Waals surface area contributed by atoms with E-state index in [0.29, 0.717) is 0 Å². The van der Waals surface area contributed by atoms with Gasteiger partial charge in [-0.05, 0) is 6.92 Å². The molecule has 1 unspecified atom stereocenters. The molecule has 1 aromatic rings. The molecule has 12 heavy (non-hydrogen) atoms. The Morgan fingerprint density at radius 1 is 1.83 bits per heavy atom. The smallest absolute Gasteiger partial charge is 0.323 e. The molecule has 1 heterocycles. The number of carboxylic acids is 1. The highest BCUT2D eigenvalue weighted by Crippen LogP contribution is 2.06. The van der Waals surface area contributed by atoms with E-state index in [0.717, 1.165) is 0 Å². The van der Waals surface area contributed by atoms with Crippen LogP contribution in [-0.2, 0) is 11.3 Å². The zero-order valence-corrected chi connectivity index (χ0v) is 6.51. The van der Waals surface area contributed by atoms with Crippen molar-refractivity contribution in [2.24, 2.45) is 0 Å². The van der Waals surface area contributed by atoms with Crippen LogP contribution in [0.2, 0.25) is 0 Å². The summed E-state index contributed by atoms with van der Waals surface area (Å²) >= 11 is 0. The van der Waals surface area contributed by atoms with Gasteiger partial charge in [0.1, 0.15) is 19.0 Å². The van der Waals surface area contributed by atoms with Crippen molar-refractivity contribution in [2.45, 2.75) is 19.6 Å². The second-order valence-corrected chi connectivity index (χ2v) is 2.39. The Hall–Kier alpha value is -1.43. The van der Waals surface area contributed by atoms with Crippen molar-refractivity contribution < 1.29 is 15.0 Å². The molecule has 0 saturated carbocycles. The van der Waals surface area contributed by atoms with Crippen LogP contribution >= 0.6 is 0 Å². The number of carbonyl (C=O) groups is 1. The summed E-state index contributed by atoms with van der Waals surface area (Å²) in [6.07, 6.45) is 0.475. The van der Waals surface area contributed by atoms with Crippen LogP contribution in [-0.4, -0.2) is 30.9 Å². The largest absolute Gasteiger partial charge is 0.480 e. The van der Waals surface area contributed by atoms with Gasteiger partial charge >= 0.3 is 5.97 Å². The van der Waals surface area contributed by atoms with Gasteiger partial charge in [-0.3, -0.25) is 4.79 Å². The molecule has 0 saturated heterocycles. The van der Waals surface area contributed by atoms with Crippen LogP contribution in [0.15, 0.2) is 6.33 Å². The molecule has 2 N–H and O–H groups in total. The fourth-order valence-corrected chi connectivity index (χ4v) is 0.855. The lowest BCUT2D eigenvalue weighted by molar-refractivity contribution is -0.137. The fraction of sp³-hybridized carbons (Fsp3) is 0.500. The van der Waals surface area contributed by atoms with Gasteiger partial charge in [-0.1, -0.05) is 0 Å². The minimum Gasteiger partial charge on any atom is -0.480 e. The normalized spacial score (nSPS) is 12.8. The third-order valence-corrected chi connectivity index (χ3v) is 1.32. The third-order valence-electron chi connectivity index (χ3n) is 1.32. The lowest BCUT2D eigenvalue weighted by Crippen LogP contribution is -2.12. The first-order chi connectivity index (χ1) is 5.61. The van der Waals surface area contributed by atoms with Gasteiger partial charge in [-0.15, -0.1) is 10.2 Å². The highest BCUT2D eigenvalue weighted by molar-refractivity contribution is 5.66. The van der Waals surface area contributed by atoms with E-state index in [1.165, 1.54) is 17.8 Å². The van der Waals surface area contributed by atoms with Gasteiger partial charge in [-0.25, -0.2) is 0 Å². The maximum Gasteiger partial charge on any atom is 0.323 e. The zero-order valence-electron chi connectivity index (χ0n) is 6.51. The van der Waals surface area contributed by atoms with E-state index in [2.05, 4.69) is 10.2 Å². The summed E-state index contributed by atoms with van der Waals surface area (Å²) in [5.74, 6) is -0.728. The first-order valence-corrected chi connectivity index (χ1v) is 3.39. The average Bonchev–Trinajstić information content (AvgIpc) is 2.33. The first kappa shape index (κ1) is 8.66. The van der Waals surface area contributed by atoms with E-state index in [9.17, 15) is 4.79 Å². The Bertz CT molecular complexity index is 281. The highest BCUT2D eigenvalue weighted by Gasteiger charge is 2.11. The summed E-state index contributed by atoms with van der Waals surface area (Å²) in [5.41, 5.74) is 0. The number of nitrogens with zero attached hydrogens (tertiary/aromatic N) is 3. The van der Waals surface area contributed by atoms with Gasteiger partial charge in [0.2, 0.25) is 0 Å². The van der Waals surface area contributed by atoms with Crippen LogP contribution < -0.4 is 0 Å². The summed E-state index contributed by atoms with van der Waals surface area (Å²) in [4.78, 5) is 10.3. The molecule has 0 fully saturated rings. The summed E-state index contributed by atoms with van der Waals surface area (Å²) in [5, 5.41) is 24.6. The van der Waals surface area contributed by atoms with Crippen molar-refractivity contribution in [3.63, 3.8) is 0 Å². The molecule has 6 heteroatoms. The molecule has 0 aliphatic heterocycles. The SMILES string of the molecule is CC(O)c1nncn1CC(=O)O. The number of aromatic nitrogens is 3. The molecular formula is C6H9N3O3. The van der Waals surface area contributed by atoms with Gasteiger partial charge in [0.25, 0.3) is 0 Å². The molecule has 1 rings (SSSR count). The number of aliphatic carboxylic acids is 1. The Morgan fingerprint density at radius 2 is 2.50 bits per heavy atom. The monoisotopic (exact) mass is 171 g/mol. The van der Waals surface area contributed by atoms with E-state index in [1.54, 1.807) is 0 Å². The molecule has 0 radical (unpaired) electrons. The van der Waals surface area contributed by atoms with Gasteiger partial charge < -0.3 is 14.8 Å². The molecule has 6 nitrogen and oxygen atoms in total. The van der Waals surface area contributed by atoms with Crippen molar-refractivity contribution in [1.82, 2.24) is 14.8 Å². The zero-order chi connectivity index (χ0) is 9.14. The molecule has 1 aromatic heterocycles. The number of hydrogen-bond acceptors (Lipinski definition) is 4. The van der Waals surface area contributed by atoms with Crippen LogP contribution in [0.5, 0.6) is 0 Å². The number of aliphatic hydroxyl groups excluding tert-OH is 1. The topological polar surface area (TPSA) is 88.2 Å². The van der Waals surface area contributed by atoms with Crippen molar-refractivity contribution in [3.05, 3.63) is 12.2 Å². The summed E-state index contributed by atoms with van der Waals surface area (Å²) in [6.45, 7) is 1.27. The van der Waals surface area contributed by atoms with E-state index in [1.807, 2.05) is 0 Å². The van der Waals surface area contributed by atoms with Crippen molar-refractivity contribution in [1.29, 1.82) is 0 Å². The molecule has 0 amide bonds. The van der Waals surface area contributed by atoms with E-state index < -0.39 is 12.1 Å². The van der Waals surface area contributed by atoms with E-state index >= 15 is 0 Å². The number of hydrogen-bond donors (Lipinski definition) is 2. The maximum atomic E-state index is 10.3. The molecule has 0 aliphatic carbocycles. The Morgan fingerprint density at radius 3 is 3.00 bits per heavy atom. The second kappa shape index (κ2) is 3.31. The molecule has 0 bridgehead atoms. The van der Waals surface area contributed by atoms with Crippen LogP contribution in [0.3, 0.4) is 0 Å². The summed E-state index contributed by atoms with van der Waals surface area (Å²) in [7, 11) is 0. The molecule has 0 spiro atoms. The van der Waals surface area contributed by atoms with Crippen LogP contribution in [0.4, 0.5) is 0 Å². The predicted molar refractivity (Wildman–Crippen MR) is 38.3 cm³/mol. The summed E-state index contributed by atoms with van der Waals surface area (Å²) in [6, 6.07) is 0. The first-order valence-electron chi connectivity index (χ1n) is 3.39. The molecule has 0 aromatic carbocycles. The maximum absolute atomic E-state index is 10.3. The van der Waals surface area contributed by atoms with Crippen LogP contribution in [0.1, 0.15) is 18.9 Å². The number of carboxylic acid groups (broad SMARTS) is 1. The fourth-order valence-electron chi connectivity index (χ4n) is 0.855. The third kappa shape index (κ3) is 1.79. The average molecular weight is 171 g/mol.